The molecular weight excluding hydrogens is 338 g/mol. The summed E-state index contributed by atoms with van der Waals surface area (Å²) in [6.45, 7) is 1.78. The fourth-order valence-corrected chi connectivity index (χ4v) is 2.63. The Morgan fingerprint density at radius 1 is 0.815 bits per heavy atom. The molecule has 3 aromatic carbocycles. The van der Waals surface area contributed by atoms with E-state index in [1.807, 2.05) is 60.7 Å². The molecule has 0 aromatic heterocycles. The molecule has 3 aromatic rings. The van der Waals surface area contributed by atoms with Gasteiger partial charge in [-0.2, -0.15) is 0 Å². The number of hydrogen-bond donors (Lipinski definition) is 1. The average Bonchev–Trinajstić information content (AvgIpc) is 2.73. The number of rotatable bonds is 6. The Hall–Kier alpha value is -3.40. The van der Waals surface area contributed by atoms with E-state index in [-0.39, 0.29) is 12.5 Å². The molecule has 0 saturated carbocycles. The minimum absolute atomic E-state index is 0.166. The third-order valence-electron chi connectivity index (χ3n) is 4.18. The molecule has 0 spiro atoms. The third-order valence-corrected chi connectivity index (χ3v) is 4.18. The number of esters is 1. The van der Waals surface area contributed by atoms with E-state index in [9.17, 15) is 9.59 Å². The van der Waals surface area contributed by atoms with Crippen molar-refractivity contribution in [2.24, 2.45) is 0 Å². The number of carbonyl (C=O) groups is 2. The standard InChI is InChI=1S/C23H21NO3/c1-17(24-22(25)21-10-6-3-7-11-21)23(26)27-16-18-12-14-20(15-13-18)19-8-4-2-5-9-19/h2-15,17H,16H2,1H3,(H,24,25)/t17-/m0/s1. The van der Waals surface area contributed by atoms with Crippen LogP contribution in [-0.4, -0.2) is 17.9 Å². The van der Waals surface area contributed by atoms with Crippen molar-refractivity contribution in [2.75, 3.05) is 0 Å². The lowest BCUT2D eigenvalue weighted by Crippen LogP contribution is -2.39. The van der Waals surface area contributed by atoms with Crippen LogP contribution in [-0.2, 0) is 16.1 Å². The first-order valence-corrected chi connectivity index (χ1v) is 8.80. The highest BCUT2D eigenvalue weighted by atomic mass is 16.5. The fraction of sp³-hybridized carbons (Fsp3) is 0.130. The molecule has 1 N–H and O–H groups in total. The molecule has 0 aliphatic carbocycles. The maximum Gasteiger partial charge on any atom is 0.328 e. The molecule has 136 valence electrons. The van der Waals surface area contributed by atoms with Gasteiger partial charge in [0.15, 0.2) is 0 Å². The SMILES string of the molecule is C[C@H](NC(=O)c1ccccc1)C(=O)OCc1ccc(-c2ccccc2)cc1. The lowest BCUT2D eigenvalue weighted by molar-refractivity contribution is -0.146. The Kier molecular flexibility index (Phi) is 6.00. The third kappa shape index (κ3) is 5.05. The highest BCUT2D eigenvalue weighted by Crippen LogP contribution is 2.19. The first-order chi connectivity index (χ1) is 13.1. The van der Waals surface area contributed by atoms with Gasteiger partial charge in [0.05, 0.1) is 0 Å². The molecule has 0 aliphatic heterocycles. The van der Waals surface area contributed by atoms with E-state index in [0.717, 1.165) is 16.7 Å². The molecule has 0 unspecified atom stereocenters. The van der Waals surface area contributed by atoms with Crippen LogP contribution >= 0.6 is 0 Å². The number of benzene rings is 3. The minimum atomic E-state index is -0.721. The van der Waals surface area contributed by atoms with Gasteiger partial charge in [-0.1, -0.05) is 72.8 Å². The zero-order valence-electron chi connectivity index (χ0n) is 15.1. The first-order valence-electron chi connectivity index (χ1n) is 8.80. The van der Waals surface area contributed by atoms with Crippen LogP contribution in [0.5, 0.6) is 0 Å². The number of nitrogens with one attached hydrogen (secondary N) is 1. The van der Waals surface area contributed by atoms with E-state index in [0.29, 0.717) is 5.56 Å². The molecule has 0 bridgehead atoms. The van der Waals surface area contributed by atoms with Crippen molar-refractivity contribution in [3.05, 3.63) is 96.1 Å². The summed E-state index contributed by atoms with van der Waals surface area (Å²) in [5.74, 6) is -0.765. The van der Waals surface area contributed by atoms with Crippen molar-refractivity contribution in [2.45, 2.75) is 19.6 Å². The molecule has 27 heavy (non-hydrogen) atoms. The summed E-state index contributed by atoms with van der Waals surface area (Å²) in [6, 6.07) is 26.0. The molecule has 0 radical (unpaired) electrons. The summed E-state index contributed by atoms with van der Waals surface area (Å²) < 4.78 is 5.32. The van der Waals surface area contributed by atoms with Gasteiger partial charge >= 0.3 is 5.97 Å². The monoisotopic (exact) mass is 359 g/mol. The van der Waals surface area contributed by atoms with Crippen LogP contribution < -0.4 is 5.32 Å². The Balaban J connectivity index is 1.52. The highest BCUT2D eigenvalue weighted by Gasteiger charge is 2.17. The molecular formula is C23H21NO3. The predicted octanol–water partition coefficient (Wildman–Crippen LogP) is 4.22. The van der Waals surface area contributed by atoms with Crippen LogP contribution in [0.4, 0.5) is 0 Å². The fourth-order valence-electron chi connectivity index (χ4n) is 2.63. The van der Waals surface area contributed by atoms with E-state index in [1.165, 1.54) is 0 Å². The predicted molar refractivity (Wildman–Crippen MR) is 105 cm³/mol. The quantitative estimate of drug-likeness (QED) is 0.671. The van der Waals surface area contributed by atoms with E-state index in [1.54, 1.807) is 31.2 Å². The van der Waals surface area contributed by atoms with Crippen LogP contribution in [0.1, 0.15) is 22.8 Å². The number of carbonyl (C=O) groups excluding carboxylic acids is 2. The van der Waals surface area contributed by atoms with Gasteiger partial charge in [0.2, 0.25) is 0 Å². The molecule has 0 saturated heterocycles. The van der Waals surface area contributed by atoms with Gasteiger partial charge in [0, 0.05) is 5.56 Å². The Morgan fingerprint density at radius 2 is 1.37 bits per heavy atom. The zero-order chi connectivity index (χ0) is 19.1. The minimum Gasteiger partial charge on any atom is -0.459 e. The maximum absolute atomic E-state index is 12.1. The largest absolute Gasteiger partial charge is 0.459 e. The molecule has 4 heteroatoms. The molecule has 1 atom stereocenters. The van der Waals surface area contributed by atoms with E-state index in [2.05, 4.69) is 5.32 Å². The second-order valence-corrected chi connectivity index (χ2v) is 6.23. The highest BCUT2D eigenvalue weighted by molar-refractivity contribution is 5.96. The molecule has 1 amide bonds. The van der Waals surface area contributed by atoms with Crippen LogP contribution in [0.15, 0.2) is 84.9 Å². The molecule has 4 nitrogen and oxygen atoms in total. The van der Waals surface area contributed by atoms with Crippen molar-refractivity contribution < 1.29 is 14.3 Å². The van der Waals surface area contributed by atoms with Gasteiger partial charge in [-0.05, 0) is 35.7 Å². The van der Waals surface area contributed by atoms with Crippen molar-refractivity contribution in [3.8, 4) is 11.1 Å². The van der Waals surface area contributed by atoms with Crippen LogP contribution in [0.25, 0.3) is 11.1 Å². The van der Waals surface area contributed by atoms with Gasteiger partial charge in [0.25, 0.3) is 5.91 Å². The van der Waals surface area contributed by atoms with E-state index >= 15 is 0 Å². The lowest BCUT2D eigenvalue weighted by Gasteiger charge is -2.13. The summed E-state index contributed by atoms with van der Waals surface area (Å²) in [5.41, 5.74) is 3.64. The number of ether oxygens (including phenoxy) is 1. The second-order valence-electron chi connectivity index (χ2n) is 6.23. The molecule has 3 rings (SSSR count). The Labute approximate surface area is 158 Å². The summed E-state index contributed by atoms with van der Waals surface area (Å²) in [6.07, 6.45) is 0. The molecule has 0 fully saturated rings. The maximum atomic E-state index is 12.1. The summed E-state index contributed by atoms with van der Waals surface area (Å²) >= 11 is 0. The van der Waals surface area contributed by atoms with Crippen molar-refractivity contribution in [3.63, 3.8) is 0 Å². The van der Waals surface area contributed by atoms with Crippen molar-refractivity contribution in [1.82, 2.24) is 5.32 Å². The lowest BCUT2D eigenvalue weighted by atomic mass is 10.0. The van der Waals surface area contributed by atoms with Crippen molar-refractivity contribution in [1.29, 1.82) is 0 Å². The zero-order valence-corrected chi connectivity index (χ0v) is 15.1. The normalized spacial score (nSPS) is 11.4. The number of hydrogen-bond acceptors (Lipinski definition) is 3. The first kappa shape index (κ1) is 18.4. The summed E-state index contributed by atoms with van der Waals surface area (Å²) in [7, 11) is 0. The summed E-state index contributed by atoms with van der Waals surface area (Å²) in [4.78, 5) is 24.2. The van der Waals surface area contributed by atoms with Crippen LogP contribution in [0, 0.1) is 0 Å². The topological polar surface area (TPSA) is 55.4 Å². The Morgan fingerprint density at radius 3 is 2.00 bits per heavy atom. The number of amides is 1. The Bertz CT molecular complexity index is 890. The second kappa shape index (κ2) is 8.81. The average molecular weight is 359 g/mol. The van der Waals surface area contributed by atoms with Crippen LogP contribution in [0.2, 0.25) is 0 Å². The van der Waals surface area contributed by atoms with Gasteiger partial charge in [-0.3, -0.25) is 4.79 Å². The van der Waals surface area contributed by atoms with Gasteiger partial charge in [0.1, 0.15) is 12.6 Å². The summed E-state index contributed by atoms with van der Waals surface area (Å²) in [5, 5.41) is 2.65. The van der Waals surface area contributed by atoms with Gasteiger partial charge < -0.3 is 10.1 Å². The van der Waals surface area contributed by atoms with Gasteiger partial charge in [-0.25, -0.2) is 4.79 Å². The smallest absolute Gasteiger partial charge is 0.328 e. The van der Waals surface area contributed by atoms with Gasteiger partial charge in [-0.15, -0.1) is 0 Å². The molecule has 0 heterocycles. The molecule has 0 aliphatic rings. The van der Waals surface area contributed by atoms with Crippen molar-refractivity contribution >= 4 is 11.9 Å². The van der Waals surface area contributed by atoms with E-state index in [4.69, 9.17) is 4.74 Å². The van der Waals surface area contributed by atoms with Crippen LogP contribution in [0.3, 0.4) is 0 Å². The van der Waals surface area contributed by atoms with E-state index < -0.39 is 12.0 Å².